The van der Waals surface area contributed by atoms with Gasteiger partial charge in [-0.05, 0) is 110 Å². The number of thiol groups is 1. The SMILES string of the molecule is CC12Cc3cnn(-c4ccc(F)cc4)c3C=C1CCC1[C@@H]2[C@@H](O)CC2(C)[C@H]1CCC2(OC(=O)C1CCOCC1)C(=O)S. The quantitative estimate of drug-likeness (QED) is 0.368. The van der Waals surface area contributed by atoms with E-state index in [2.05, 4.69) is 37.7 Å². The van der Waals surface area contributed by atoms with Crippen LogP contribution in [-0.4, -0.2) is 50.9 Å². The Morgan fingerprint density at radius 2 is 1.88 bits per heavy atom. The number of hydrogen-bond acceptors (Lipinski definition) is 6. The predicted octanol–water partition coefficient (Wildman–Crippen LogP) is 5.33. The summed E-state index contributed by atoms with van der Waals surface area (Å²) in [5.41, 5.74) is 1.96. The first-order chi connectivity index (χ1) is 20.1. The van der Waals surface area contributed by atoms with Gasteiger partial charge in [0.15, 0.2) is 5.60 Å². The molecule has 1 aliphatic heterocycles. The summed E-state index contributed by atoms with van der Waals surface area (Å²) in [6.45, 7) is 5.36. The van der Waals surface area contributed by atoms with Crippen molar-refractivity contribution < 1.29 is 28.6 Å². The van der Waals surface area contributed by atoms with Crippen LogP contribution in [0.25, 0.3) is 11.8 Å². The summed E-state index contributed by atoms with van der Waals surface area (Å²) < 4.78 is 27.1. The molecular formula is C33H39FN2O5S. The number of carbonyl (C=O) groups is 2. The number of hydrogen-bond donors (Lipinski definition) is 2. The van der Waals surface area contributed by atoms with Gasteiger partial charge in [-0.3, -0.25) is 9.59 Å². The van der Waals surface area contributed by atoms with Crippen LogP contribution in [0.1, 0.15) is 70.1 Å². The third kappa shape index (κ3) is 4.02. The largest absolute Gasteiger partial charge is 0.449 e. The lowest BCUT2D eigenvalue weighted by Gasteiger charge is -2.60. The minimum atomic E-state index is -1.34. The topological polar surface area (TPSA) is 90.7 Å². The Morgan fingerprint density at radius 3 is 2.60 bits per heavy atom. The number of fused-ring (bicyclic) bond motifs is 6. The Labute approximate surface area is 251 Å². The molecule has 7 nitrogen and oxygen atoms in total. The second-order valence-corrected chi connectivity index (χ2v) is 14.1. The summed E-state index contributed by atoms with van der Waals surface area (Å²) in [4.78, 5) is 26.7. The van der Waals surface area contributed by atoms with Crippen molar-refractivity contribution in [3.63, 3.8) is 0 Å². The highest BCUT2D eigenvalue weighted by Crippen LogP contribution is 2.68. The number of nitrogens with zero attached hydrogens (tertiary/aromatic N) is 2. The van der Waals surface area contributed by atoms with Gasteiger partial charge in [0.1, 0.15) is 5.82 Å². The second-order valence-electron chi connectivity index (χ2n) is 13.7. The summed E-state index contributed by atoms with van der Waals surface area (Å²) in [6.07, 6.45) is 8.79. The fourth-order valence-corrected chi connectivity index (χ4v) is 10.1. The number of benzene rings is 1. The van der Waals surface area contributed by atoms with E-state index in [0.717, 1.165) is 42.6 Å². The molecule has 7 atom stereocenters. The average Bonchev–Trinajstić information content (AvgIpc) is 3.50. The molecule has 9 heteroatoms. The van der Waals surface area contributed by atoms with E-state index in [1.54, 1.807) is 12.1 Å². The first-order valence-electron chi connectivity index (χ1n) is 15.3. The summed E-state index contributed by atoms with van der Waals surface area (Å²) >= 11 is 4.33. The van der Waals surface area contributed by atoms with E-state index in [1.807, 2.05) is 10.9 Å². The van der Waals surface area contributed by atoms with E-state index in [1.165, 1.54) is 17.7 Å². The molecule has 4 unspecified atom stereocenters. The molecule has 2 aromatic rings. The van der Waals surface area contributed by atoms with Crippen molar-refractivity contribution in [3.05, 3.63) is 53.1 Å². The number of esters is 1. The molecule has 0 spiro atoms. The maximum absolute atomic E-state index is 13.6. The first kappa shape index (κ1) is 28.3. The lowest BCUT2D eigenvalue weighted by Crippen LogP contribution is -2.62. The summed E-state index contributed by atoms with van der Waals surface area (Å²) in [7, 11) is 0. The Hall–Kier alpha value is -2.49. The molecule has 1 aromatic carbocycles. The van der Waals surface area contributed by atoms with Crippen LogP contribution >= 0.6 is 12.6 Å². The number of ether oxygens (including phenoxy) is 2. The van der Waals surface area contributed by atoms with Crippen molar-refractivity contribution in [2.75, 3.05) is 13.2 Å². The molecule has 3 saturated carbocycles. The van der Waals surface area contributed by atoms with Crippen LogP contribution in [0.4, 0.5) is 4.39 Å². The van der Waals surface area contributed by atoms with Gasteiger partial charge in [0.2, 0.25) is 5.12 Å². The highest BCUT2D eigenvalue weighted by Gasteiger charge is 2.70. The van der Waals surface area contributed by atoms with E-state index in [9.17, 15) is 19.1 Å². The molecule has 1 aromatic heterocycles. The molecule has 7 rings (SSSR count). The van der Waals surface area contributed by atoms with E-state index in [0.29, 0.717) is 38.9 Å². The van der Waals surface area contributed by atoms with Gasteiger partial charge in [0.25, 0.3) is 0 Å². The average molecular weight is 595 g/mol. The van der Waals surface area contributed by atoms with Crippen LogP contribution in [0, 0.1) is 40.3 Å². The van der Waals surface area contributed by atoms with E-state index in [4.69, 9.17) is 9.47 Å². The van der Waals surface area contributed by atoms with Gasteiger partial charge in [-0.1, -0.05) is 19.4 Å². The Balaban J connectivity index is 1.20. The van der Waals surface area contributed by atoms with Crippen LogP contribution in [0.15, 0.2) is 36.0 Å². The molecule has 0 radical (unpaired) electrons. The molecule has 224 valence electrons. The number of carbonyl (C=O) groups excluding carboxylic acids is 2. The van der Waals surface area contributed by atoms with E-state index >= 15 is 0 Å². The van der Waals surface area contributed by atoms with Gasteiger partial charge in [-0.25, -0.2) is 9.07 Å². The minimum Gasteiger partial charge on any atom is -0.449 e. The Morgan fingerprint density at radius 1 is 1.14 bits per heavy atom. The van der Waals surface area contributed by atoms with Crippen LogP contribution in [-0.2, 0) is 25.5 Å². The lowest BCUT2D eigenvalue weighted by molar-refractivity contribution is -0.200. The molecule has 1 saturated heterocycles. The third-order valence-electron chi connectivity index (χ3n) is 11.8. The standard InChI is InChI=1S/C33H39FN2O5S/c1-31-16-20-18-35-36(23-6-4-22(34)5-7-23)26(20)15-21(31)3-8-24-25-9-12-33(30(39)42,32(25,2)17-27(37)28(24)31)41-29(38)19-10-13-40-14-11-19/h4-7,15,18-19,24-25,27-28,37H,3,8-14,16-17H2,1-2H3,(H,39,42)/t24?,25-,27-,28+,31?,32?,33?/m0/s1. The molecule has 42 heavy (non-hydrogen) atoms. The van der Waals surface area contributed by atoms with Crippen LogP contribution in [0.5, 0.6) is 0 Å². The van der Waals surface area contributed by atoms with Crippen molar-refractivity contribution in [2.45, 2.75) is 76.9 Å². The molecule has 1 N–H and O–H groups in total. The number of allylic oxidation sites excluding steroid dienone is 1. The lowest BCUT2D eigenvalue weighted by atomic mass is 9.45. The van der Waals surface area contributed by atoms with Crippen molar-refractivity contribution >= 4 is 29.8 Å². The fraction of sp³-hybridized carbons (Fsp3) is 0.606. The van der Waals surface area contributed by atoms with Crippen LogP contribution in [0.2, 0.25) is 0 Å². The van der Waals surface area contributed by atoms with E-state index in [-0.39, 0.29) is 40.9 Å². The zero-order chi connectivity index (χ0) is 29.4. The monoisotopic (exact) mass is 594 g/mol. The summed E-state index contributed by atoms with van der Waals surface area (Å²) in [5, 5.41) is 16.3. The minimum absolute atomic E-state index is 0.00918. The molecule has 4 fully saturated rings. The molecule has 0 bridgehead atoms. The summed E-state index contributed by atoms with van der Waals surface area (Å²) in [6, 6.07) is 6.37. The zero-order valence-electron chi connectivity index (χ0n) is 24.2. The van der Waals surface area contributed by atoms with Gasteiger partial charge in [0.05, 0.1) is 29.6 Å². The fourth-order valence-electron chi connectivity index (χ4n) is 9.71. The maximum Gasteiger partial charge on any atom is 0.310 e. The highest BCUT2D eigenvalue weighted by molar-refractivity contribution is 7.96. The first-order valence-corrected chi connectivity index (χ1v) is 15.8. The molecule has 4 aliphatic carbocycles. The number of aliphatic hydroxyl groups is 1. The number of aromatic nitrogens is 2. The summed E-state index contributed by atoms with van der Waals surface area (Å²) in [5.74, 6) is -0.568. The normalized spacial score (nSPS) is 37.6. The van der Waals surface area contributed by atoms with Crippen molar-refractivity contribution in [1.29, 1.82) is 0 Å². The van der Waals surface area contributed by atoms with Gasteiger partial charge < -0.3 is 14.6 Å². The Kier molecular flexibility index (Phi) is 6.75. The van der Waals surface area contributed by atoms with Crippen molar-refractivity contribution in [3.8, 4) is 5.69 Å². The van der Waals surface area contributed by atoms with Crippen molar-refractivity contribution in [2.24, 2.45) is 34.5 Å². The predicted molar refractivity (Wildman–Crippen MR) is 157 cm³/mol. The maximum atomic E-state index is 13.6. The Bertz CT molecular complexity index is 1450. The van der Waals surface area contributed by atoms with Gasteiger partial charge in [0, 0.05) is 18.6 Å². The van der Waals surface area contributed by atoms with Gasteiger partial charge >= 0.3 is 5.97 Å². The second kappa shape index (κ2) is 10.0. The van der Waals surface area contributed by atoms with Crippen molar-refractivity contribution in [1.82, 2.24) is 9.78 Å². The molecule has 5 aliphatic rings. The smallest absolute Gasteiger partial charge is 0.310 e. The molecule has 0 amide bonds. The third-order valence-corrected chi connectivity index (χ3v) is 12.2. The number of halogens is 1. The number of aliphatic hydroxyl groups excluding tert-OH is 1. The van der Waals surface area contributed by atoms with Crippen LogP contribution < -0.4 is 0 Å². The molecular weight excluding hydrogens is 555 g/mol. The molecule has 2 heterocycles. The highest BCUT2D eigenvalue weighted by atomic mass is 32.1. The van der Waals surface area contributed by atoms with E-state index < -0.39 is 22.2 Å². The van der Waals surface area contributed by atoms with Gasteiger partial charge in [-0.15, -0.1) is 12.6 Å². The number of rotatable bonds is 4. The van der Waals surface area contributed by atoms with Gasteiger partial charge in [-0.2, -0.15) is 5.10 Å². The van der Waals surface area contributed by atoms with Crippen LogP contribution in [0.3, 0.4) is 0 Å². The zero-order valence-corrected chi connectivity index (χ0v) is 25.1.